The van der Waals surface area contributed by atoms with Crippen LogP contribution in [0.1, 0.15) is 51.3 Å². The second-order valence-electron chi connectivity index (χ2n) is 5.31. The molecule has 0 radical (unpaired) electrons. The van der Waals surface area contributed by atoms with E-state index in [1.54, 1.807) is 4.57 Å². The smallest absolute Gasteiger partial charge is 0.184 e. The fourth-order valence-corrected chi connectivity index (χ4v) is 2.80. The molecular formula is C16H21ClF2N2. The lowest BCUT2D eigenvalue weighted by Gasteiger charge is -2.08. The van der Waals surface area contributed by atoms with E-state index in [1.807, 2.05) is 0 Å². The topological polar surface area (TPSA) is 17.8 Å². The molecule has 116 valence electrons. The van der Waals surface area contributed by atoms with Crippen molar-refractivity contribution in [2.45, 2.75) is 57.9 Å². The van der Waals surface area contributed by atoms with Crippen LogP contribution in [0.4, 0.5) is 8.78 Å². The van der Waals surface area contributed by atoms with Crippen LogP contribution < -0.4 is 0 Å². The number of aryl methyl sites for hydroxylation is 1. The van der Waals surface area contributed by atoms with Crippen molar-refractivity contribution < 1.29 is 8.78 Å². The minimum atomic E-state index is -0.840. The molecule has 2 aromatic rings. The second-order valence-corrected chi connectivity index (χ2v) is 5.58. The summed E-state index contributed by atoms with van der Waals surface area (Å²) in [4.78, 5) is 4.29. The van der Waals surface area contributed by atoms with Crippen molar-refractivity contribution in [3.05, 3.63) is 29.6 Å². The molecule has 0 aliphatic rings. The van der Waals surface area contributed by atoms with Crippen molar-refractivity contribution in [3.63, 3.8) is 0 Å². The number of rotatable bonds is 8. The maximum absolute atomic E-state index is 14.0. The third-order valence-electron chi connectivity index (χ3n) is 3.73. The van der Waals surface area contributed by atoms with Gasteiger partial charge in [0.2, 0.25) is 0 Å². The number of imidazole rings is 1. The molecule has 0 unspecified atom stereocenters. The molecule has 0 spiro atoms. The molecule has 5 heteroatoms. The highest BCUT2D eigenvalue weighted by molar-refractivity contribution is 6.16. The van der Waals surface area contributed by atoms with Crippen molar-refractivity contribution in [2.24, 2.45) is 0 Å². The number of unbranched alkanes of at least 4 members (excludes halogenated alkanes) is 5. The van der Waals surface area contributed by atoms with E-state index in [4.69, 9.17) is 11.6 Å². The Morgan fingerprint density at radius 1 is 1.10 bits per heavy atom. The molecule has 1 heterocycles. The van der Waals surface area contributed by atoms with Crippen LogP contribution in [0.2, 0.25) is 0 Å². The van der Waals surface area contributed by atoms with E-state index in [-0.39, 0.29) is 11.4 Å². The largest absolute Gasteiger partial charge is 0.324 e. The number of fused-ring (bicyclic) bond motifs is 1. The van der Waals surface area contributed by atoms with Gasteiger partial charge in [0.1, 0.15) is 11.3 Å². The predicted octanol–water partition coefficient (Wildman–Crippen LogP) is 5.41. The van der Waals surface area contributed by atoms with Gasteiger partial charge in [-0.3, -0.25) is 0 Å². The molecule has 0 atom stereocenters. The van der Waals surface area contributed by atoms with E-state index in [1.165, 1.54) is 31.7 Å². The van der Waals surface area contributed by atoms with E-state index >= 15 is 0 Å². The maximum Gasteiger partial charge on any atom is 0.184 e. The highest BCUT2D eigenvalue weighted by Gasteiger charge is 2.16. The first-order chi connectivity index (χ1) is 10.2. The highest BCUT2D eigenvalue weighted by atomic mass is 35.5. The van der Waals surface area contributed by atoms with E-state index in [0.717, 1.165) is 18.9 Å². The summed E-state index contributed by atoms with van der Waals surface area (Å²) in [5.41, 5.74) is 0.703. The Morgan fingerprint density at radius 2 is 1.81 bits per heavy atom. The molecule has 1 aromatic carbocycles. The summed E-state index contributed by atoms with van der Waals surface area (Å²) in [5, 5.41) is 0. The van der Waals surface area contributed by atoms with Crippen LogP contribution in [-0.4, -0.2) is 9.55 Å². The molecule has 2 rings (SSSR count). The average Bonchev–Trinajstić information content (AvgIpc) is 2.85. The highest BCUT2D eigenvalue weighted by Crippen LogP contribution is 2.23. The lowest BCUT2D eigenvalue weighted by atomic mass is 10.1. The van der Waals surface area contributed by atoms with Crippen LogP contribution >= 0.6 is 11.6 Å². The standard InChI is InChI=1S/C16H21ClF2N2/c1-2-3-4-5-6-7-10-21-14(11-17)20-13-9-8-12(18)15(19)16(13)21/h8-9H,2-7,10-11H2,1H3. The Bertz CT molecular complexity index is 595. The third-order valence-corrected chi connectivity index (χ3v) is 3.97. The summed E-state index contributed by atoms with van der Waals surface area (Å²) < 4.78 is 29.1. The number of benzene rings is 1. The van der Waals surface area contributed by atoms with Crippen molar-refractivity contribution in [1.82, 2.24) is 9.55 Å². The Morgan fingerprint density at radius 3 is 2.52 bits per heavy atom. The maximum atomic E-state index is 14.0. The summed E-state index contributed by atoms with van der Waals surface area (Å²) in [5.74, 6) is -0.870. The van der Waals surface area contributed by atoms with Gasteiger partial charge in [-0.25, -0.2) is 13.8 Å². The van der Waals surface area contributed by atoms with Gasteiger partial charge in [0.25, 0.3) is 0 Å². The lowest BCUT2D eigenvalue weighted by molar-refractivity contribution is 0.505. The molecule has 0 amide bonds. The van der Waals surface area contributed by atoms with Crippen molar-refractivity contribution in [3.8, 4) is 0 Å². The Balaban J connectivity index is 2.12. The zero-order chi connectivity index (χ0) is 15.2. The molecule has 1 aromatic heterocycles. The van der Waals surface area contributed by atoms with E-state index in [9.17, 15) is 8.78 Å². The summed E-state index contributed by atoms with van der Waals surface area (Å²) in [6.45, 7) is 2.81. The van der Waals surface area contributed by atoms with Gasteiger partial charge >= 0.3 is 0 Å². The first-order valence-electron chi connectivity index (χ1n) is 7.58. The molecule has 0 bridgehead atoms. The van der Waals surface area contributed by atoms with E-state index < -0.39 is 11.6 Å². The van der Waals surface area contributed by atoms with Crippen LogP contribution in [0.3, 0.4) is 0 Å². The van der Waals surface area contributed by atoms with Gasteiger partial charge in [-0.05, 0) is 18.6 Å². The molecule has 0 N–H and O–H groups in total. The summed E-state index contributed by atoms with van der Waals surface area (Å²) in [6.07, 6.45) is 6.88. The van der Waals surface area contributed by atoms with Gasteiger partial charge in [-0.2, -0.15) is 0 Å². The first kappa shape index (κ1) is 16.2. The summed E-state index contributed by atoms with van der Waals surface area (Å²) in [7, 11) is 0. The zero-order valence-electron chi connectivity index (χ0n) is 12.3. The number of halogens is 3. The van der Waals surface area contributed by atoms with Gasteiger partial charge in [-0.1, -0.05) is 39.0 Å². The molecule has 2 nitrogen and oxygen atoms in total. The molecule has 0 aliphatic carbocycles. The van der Waals surface area contributed by atoms with E-state index in [0.29, 0.717) is 17.9 Å². The summed E-state index contributed by atoms with van der Waals surface area (Å²) in [6, 6.07) is 2.61. The normalized spacial score (nSPS) is 11.4. The van der Waals surface area contributed by atoms with Crippen molar-refractivity contribution >= 4 is 22.6 Å². The van der Waals surface area contributed by atoms with Crippen LogP contribution in [-0.2, 0) is 12.4 Å². The Kier molecular flexibility index (Phi) is 5.97. The fourth-order valence-electron chi connectivity index (χ4n) is 2.60. The van der Waals surface area contributed by atoms with Gasteiger partial charge in [0, 0.05) is 6.54 Å². The average molecular weight is 315 g/mol. The predicted molar refractivity (Wildman–Crippen MR) is 82.6 cm³/mol. The van der Waals surface area contributed by atoms with Gasteiger partial charge in [-0.15, -0.1) is 11.6 Å². The van der Waals surface area contributed by atoms with Crippen molar-refractivity contribution in [1.29, 1.82) is 0 Å². The quantitative estimate of drug-likeness (QED) is 0.470. The molecular weight excluding hydrogens is 294 g/mol. The first-order valence-corrected chi connectivity index (χ1v) is 8.11. The molecule has 0 saturated carbocycles. The van der Waals surface area contributed by atoms with Gasteiger partial charge in [0.15, 0.2) is 11.6 Å². The minimum absolute atomic E-state index is 0.200. The van der Waals surface area contributed by atoms with Gasteiger partial charge < -0.3 is 4.57 Å². The third kappa shape index (κ3) is 3.73. The fraction of sp³-hybridized carbons (Fsp3) is 0.562. The van der Waals surface area contributed by atoms with Gasteiger partial charge in [0.05, 0.1) is 11.4 Å². The zero-order valence-corrected chi connectivity index (χ0v) is 13.1. The number of nitrogens with zero attached hydrogens (tertiary/aromatic N) is 2. The van der Waals surface area contributed by atoms with Crippen LogP contribution in [0.25, 0.3) is 11.0 Å². The molecule has 0 saturated heterocycles. The molecule has 0 fully saturated rings. The number of aromatic nitrogens is 2. The Labute approximate surface area is 129 Å². The molecule has 0 aliphatic heterocycles. The summed E-state index contributed by atoms with van der Waals surface area (Å²) >= 11 is 5.88. The lowest BCUT2D eigenvalue weighted by Crippen LogP contribution is -2.04. The van der Waals surface area contributed by atoms with Crippen LogP contribution in [0.15, 0.2) is 12.1 Å². The van der Waals surface area contributed by atoms with E-state index in [2.05, 4.69) is 11.9 Å². The SMILES string of the molecule is CCCCCCCCn1c(CCl)nc2ccc(F)c(F)c21. The minimum Gasteiger partial charge on any atom is -0.324 e. The van der Waals surface area contributed by atoms with Crippen LogP contribution in [0.5, 0.6) is 0 Å². The number of hydrogen-bond donors (Lipinski definition) is 0. The van der Waals surface area contributed by atoms with Crippen molar-refractivity contribution in [2.75, 3.05) is 0 Å². The number of hydrogen-bond acceptors (Lipinski definition) is 1. The Hall–Kier alpha value is -1.16. The number of alkyl halides is 1. The molecule has 21 heavy (non-hydrogen) atoms. The second kappa shape index (κ2) is 7.74. The monoisotopic (exact) mass is 314 g/mol. The van der Waals surface area contributed by atoms with Crippen LogP contribution in [0, 0.1) is 11.6 Å².